The van der Waals surface area contributed by atoms with E-state index in [9.17, 15) is 9.59 Å². The summed E-state index contributed by atoms with van der Waals surface area (Å²) in [5.74, 6) is -0.361. The van der Waals surface area contributed by atoms with Crippen molar-refractivity contribution >= 4 is 28.3 Å². The van der Waals surface area contributed by atoms with Crippen LogP contribution in [0.25, 0.3) is 10.8 Å². The van der Waals surface area contributed by atoms with Crippen molar-refractivity contribution in [3.8, 4) is 0 Å². The van der Waals surface area contributed by atoms with Crippen LogP contribution in [0.1, 0.15) is 37.9 Å². The van der Waals surface area contributed by atoms with Gasteiger partial charge in [0.15, 0.2) is 0 Å². The van der Waals surface area contributed by atoms with E-state index in [0.717, 1.165) is 53.9 Å². The molecule has 3 aromatic carbocycles. The van der Waals surface area contributed by atoms with E-state index in [2.05, 4.69) is 45.9 Å². The molecule has 2 N–H and O–H groups in total. The molecule has 2 atom stereocenters. The monoisotopic (exact) mass is 473 g/mol. The molecule has 3 aromatic rings. The molecule has 184 valence electrons. The largest absolute Gasteiger partial charge is 0.378 e. The van der Waals surface area contributed by atoms with Crippen LogP contribution in [0.15, 0.2) is 66.7 Å². The molecule has 2 unspecified atom stereocenters. The number of benzene rings is 3. The van der Waals surface area contributed by atoms with Crippen LogP contribution in [-0.2, 0) is 20.7 Å². The second-order valence-electron chi connectivity index (χ2n) is 9.57. The van der Waals surface area contributed by atoms with Gasteiger partial charge in [0.05, 0.1) is 25.7 Å². The quantitative estimate of drug-likeness (QED) is 0.514. The highest BCUT2D eigenvalue weighted by molar-refractivity contribution is 5.90. The second kappa shape index (κ2) is 11.4. The van der Waals surface area contributed by atoms with Gasteiger partial charge in [-0.25, -0.2) is 0 Å². The molecule has 0 radical (unpaired) electrons. The molecular formula is C29H35N3O3. The predicted octanol–water partition coefficient (Wildman–Crippen LogP) is 4.24. The average molecular weight is 474 g/mol. The minimum atomic E-state index is -0.599. The Kier molecular flexibility index (Phi) is 8.03. The standard InChI is InChI=1S/C29H35N3O3/c1-20(2)28(31-27(33)19-22-8-9-24-6-4-5-7-25(24)18-22)29(34)30-21(3)23-10-12-26(13-11-23)32-14-16-35-17-15-32/h4-13,18,20-21,28H,14-17,19H2,1-3H3,(H,30,34)(H,31,33). The summed E-state index contributed by atoms with van der Waals surface area (Å²) in [7, 11) is 0. The van der Waals surface area contributed by atoms with Gasteiger partial charge in [0, 0.05) is 18.8 Å². The Morgan fingerprint density at radius 1 is 0.886 bits per heavy atom. The smallest absolute Gasteiger partial charge is 0.243 e. The highest BCUT2D eigenvalue weighted by Gasteiger charge is 2.25. The molecule has 1 aliphatic heterocycles. The third-order valence-corrected chi connectivity index (χ3v) is 6.57. The number of carbonyl (C=O) groups is 2. The maximum Gasteiger partial charge on any atom is 0.243 e. The number of anilines is 1. The predicted molar refractivity (Wildman–Crippen MR) is 140 cm³/mol. The van der Waals surface area contributed by atoms with Gasteiger partial charge >= 0.3 is 0 Å². The molecule has 1 saturated heterocycles. The van der Waals surface area contributed by atoms with Crippen LogP contribution in [-0.4, -0.2) is 44.2 Å². The number of hydrogen-bond acceptors (Lipinski definition) is 4. The summed E-state index contributed by atoms with van der Waals surface area (Å²) < 4.78 is 5.43. The van der Waals surface area contributed by atoms with E-state index in [1.165, 1.54) is 0 Å². The SMILES string of the molecule is CC(NC(=O)C(NC(=O)Cc1ccc2ccccc2c1)C(C)C)c1ccc(N2CCOCC2)cc1. The molecular weight excluding hydrogens is 438 g/mol. The molecule has 1 aliphatic rings. The van der Waals surface area contributed by atoms with Gasteiger partial charge in [-0.1, -0.05) is 68.4 Å². The lowest BCUT2D eigenvalue weighted by atomic mass is 10.0. The fourth-order valence-corrected chi connectivity index (χ4v) is 4.48. The van der Waals surface area contributed by atoms with Crippen LogP contribution in [0, 0.1) is 5.92 Å². The highest BCUT2D eigenvalue weighted by atomic mass is 16.5. The van der Waals surface area contributed by atoms with Crippen molar-refractivity contribution in [3.05, 3.63) is 77.9 Å². The first kappa shape index (κ1) is 24.7. The van der Waals surface area contributed by atoms with E-state index in [1.807, 2.05) is 57.2 Å². The molecule has 0 spiro atoms. The maximum absolute atomic E-state index is 13.1. The van der Waals surface area contributed by atoms with E-state index in [1.54, 1.807) is 0 Å². The average Bonchev–Trinajstić information content (AvgIpc) is 2.87. The zero-order valence-electron chi connectivity index (χ0n) is 20.8. The van der Waals surface area contributed by atoms with Gasteiger partial charge in [-0.15, -0.1) is 0 Å². The van der Waals surface area contributed by atoms with Gasteiger partial charge in [0.2, 0.25) is 11.8 Å². The minimum absolute atomic E-state index is 0.0357. The Hall–Kier alpha value is -3.38. The lowest BCUT2D eigenvalue weighted by Gasteiger charge is -2.29. The second-order valence-corrected chi connectivity index (χ2v) is 9.57. The Bertz CT molecular complexity index is 1150. The number of morpholine rings is 1. The zero-order chi connectivity index (χ0) is 24.8. The first-order valence-electron chi connectivity index (χ1n) is 12.4. The van der Waals surface area contributed by atoms with Crippen LogP contribution in [0.2, 0.25) is 0 Å². The lowest BCUT2D eigenvalue weighted by molar-refractivity contribution is -0.130. The number of hydrogen-bond donors (Lipinski definition) is 2. The van der Waals surface area contributed by atoms with Crippen molar-refractivity contribution in [3.63, 3.8) is 0 Å². The van der Waals surface area contributed by atoms with Gasteiger partial charge in [-0.3, -0.25) is 9.59 Å². The Morgan fingerprint density at radius 3 is 2.26 bits per heavy atom. The summed E-state index contributed by atoms with van der Waals surface area (Å²) >= 11 is 0. The van der Waals surface area contributed by atoms with Crippen LogP contribution in [0.4, 0.5) is 5.69 Å². The molecule has 0 bridgehead atoms. The molecule has 0 aliphatic carbocycles. The Balaban J connectivity index is 1.35. The summed E-state index contributed by atoms with van der Waals surface area (Å²) in [6.45, 7) is 9.14. The number of amides is 2. The molecule has 4 rings (SSSR count). The summed E-state index contributed by atoms with van der Waals surface area (Å²) in [5, 5.41) is 8.28. The number of ether oxygens (including phenoxy) is 1. The summed E-state index contributed by atoms with van der Waals surface area (Å²) in [6, 6.07) is 21.6. The minimum Gasteiger partial charge on any atom is -0.378 e. The Labute approximate surface area is 207 Å². The fourth-order valence-electron chi connectivity index (χ4n) is 4.48. The number of fused-ring (bicyclic) bond motifs is 1. The number of nitrogens with one attached hydrogen (secondary N) is 2. The summed E-state index contributed by atoms with van der Waals surface area (Å²) in [4.78, 5) is 28.2. The third-order valence-electron chi connectivity index (χ3n) is 6.57. The molecule has 6 nitrogen and oxygen atoms in total. The van der Waals surface area contributed by atoms with E-state index >= 15 is 0 Å². The fraction of sp³-hybridized carbons (Fsp3) is 0.379. The van der Waals surface area contributed by atoms with Crippen LogP contribution < -0.4 is 15.5 Å². The first-order valence-corrected chi connectivity index (χ1v) is 12.4. The lowest BCUT2D eigenvalue weighted by Crippen LogP contribution is -2.50. The van der Waals surface area contributed by atoms with E-state index in [4.69, 9.17) is 4.74 Å². The van der Waals surface area contributed by atoms with Crippen molar-refractivity contribution < 1.29 is 14.3 Å². The number of rotatable bonds is 8. The van der Waals surface area contributed by atoms with Crippen LogP contribution >= 0.6 is 0 Å². The van der Waals surface area contributed by atoms with Crippen LogP contribution in [0.5, 0.6) is 0 Å². The Morgan fingerprint density at radius 2 is 1.57 bits per heavy atom. The first-order chi connectivity index (χ1) is 16.9. The number of carbonyl (C=O) groups excluding carboxylic acids is 2. The summed E-state index contributed by atoms with van der Waals surface area (Å²) in [6.07, 6.45) is 0.236. The molecule has 2 amide bonds. The molecule has 6 heteroatoms. The van der Waals surface area contributed by atoms with Crippen molar-refractivity contribution in [2.45, 2.75) is 39.3 Å². The van der Waals surface area contributed by atoms with Crippen molar-refractivity contribution in [1.29, 1.82) is 0 Å². The van der Waals surface area contributed by atoms with Gasteiger partial charge in [0.1, 0.15) is 6.04 Å². The van der Waals surface area contributed by atoms with Crippen molar-refractivity contribution in [2.75, 3.05) is 31.2 Å². The maximum atomic E-state index is 13.1. The molecule has 0 aromatic heterocycles. The van der Waals surface area contributed by atoms with E-state index in [-0.39, 0.29) is 30.2 Å². The van der Waals surface area contributed by atoms with Crippen molar-refractivity contribution in [1.82, 2.24) is 10.6 Å². The number of nitrogens with zero attached hydrogens (tertiary/aromatic N) is 1. The van der Waals surface area contributed by atoms with Gasteiger partial charge < -0.3 is 20.3 Å². The normalized spacial score (nSPS) is 15.6. The molecule has 0 saturated carbocycles. The van der Waals surface area contributed by atoms with Gasteiger partial charge in [-0.2, -0.15) is 0 Å². The molecule has 1 heterocycles. The third kappa shape index (κ3) is 6.40. The van der Waals surface area contributed by atoms with Crippen molar-refractivity contribution in [2.24, 2.45) is 5.92 Å². The van der Waals surface area contributed by atoms with Gasteiger partial charge in [-0.05, 0) is 46.9 Å². The highest BCUT2D eigenvalue weighted by Crippen LogP contribution is 2.21. The van der Waals surface area contributed by atoms with E-state index in [0.29, 0.717) is 0 Å². The van der Waals surface area contributed by atoms with Crippen LogP contribution in [0.3, 0.4) is 0 Å². The topological polar surface area (TPSA) is 70.7 Å². The zero-order valence-corrected chi connectivity index (χ0v) is 20.8. The van der Waals surface area contributed by atoms with E-state index < -0.39 is 6.04 Å². The molecule has 1 fully saturated rings. The molecule has 35 heavy (non-hydrogen) atoms. The summed E-state index contributed by atoms with van der Waals surface area (Å²) in [5.41, 5.74) is 3.12. The van der Waals surface area contributed by atoms with Gasteiger partial charge in [0.25, 0.3) is 0 Å².